The van der Waals surface area contributed by atoms with E-state index in [1.165, 1.54) is 4.31 Å². The highest BCUT2D eigenvalue weighted by Gasteiger charge is 2.28. The fourth-order valence-electron chi connectivity index (χ4n) is 3.58. The number of para-hydroxylation sites is 1. The molecule has 3 aromatic rings. The number of sulfonamides is 1. The molecule has 0 unspecified atom stereocenters. The molecule has 0 bridgehead atoms. The molecule has 0 aliphatic heterocycles. The molecule has 32 heavy (non-hydrogen) atoms. The zero-order valence-corrected chi connectivity index (χ0v) is 20.5. The molecular weight excluding hydrogens is 440 g/mol. The summed E-state index contributed by atoms with van der Waals surface area (Å²) in [6.45, 7) is 8.18. The van der Waals surface area contributed by atoms with Crippen LogP contribution in [0.4, 0.5) is 5.69 Å². The van der Waals surface area contributed by atoms with Crippen LogP contribution in [0.1, 0.15) is 56.2 Å². The van der Waals surface area contributed by atoms with Gasteiger partial charge in [0.1, 0.15) is 4.21 Å². The van der Waals surface area contributed by atoms with Gasteiger partial charge in [0.15, 0.2) is 0 Å². The number of amides is 1. The standard InChI is InChI=1S/C25H30N2O3S2/c1-18(2)21-12-8-13-22(19(3)4)25(21)26-23(28)17-27(16-20-10-6-5-7-11-20)32(29,30)24-14-9-15-31-24/h5-15,18-19H,16-17H2,1-4H3,(H,26,28). The van der Waals surface area contributed by atoms with Gasteiger partial charge in [-0.15, -0.1) is 11.3 Å². The van der Waals surface area contributed by atoms with Crippen LogP contribution in [-0.2, 0) is 21.4 Å². The molecule has 0 aliphatic carbocycles. The van der Waals surface area contributed by atoms with Crippen LogP contribution in [0.5, 0.6) is 0 Å². The predicted molar refractivity (Wildman–Crippen MR) is 132 cm³/mol. The molecule has 0 saturated carbocycles. The zero-order valence-electron chi connectivity index (χ0n) is 18.9. The fourth-order valence-corrected chi connectivity index (χ4v) is 6.11. The van der Waals surface area contributed by atoms with Gasteiger partial charge in [-0.2, -0.15) is 4.31 Å². The van der Waals surface area contributed by atoms with Crippen molar-refractivity contribution in [3.05, 3.63) is 82.7 Å². The third kappa shape index (κ3) is 5.65. The SMILES string of the molecule is CC(C)c1cccc(C(C)C)c1NC(=O)CN(Cc1ccccc1)S(=O)(=O)c1cccs1. The minimum atomic E-state index is -3.81. The fraction of sp³-hybridized carbons (Fsp3) is 0.320. The maximum atomic E-state index is 13.3. The van der Waals surface area contributed by atoms with Crippen LogP contribution in [0.3, 0.4) is 0 Å². The number of anilines is 1. The summed E-state index contributed by atoms with van der Waals surface area (Å²) in [5.41, 5.74) is 3.70. The summed E-state index contributed by atoms with van der Waals surface area (Å²) in [4.78, 5) is 13.2. The van der Waals surface area contributed by atoms with Crippen molar-refractivity contribution in [3.8, 4) is 0 Å². The van der Waals surface area contributed by atoms with Gasteiger partial charge >= 0.3 is 0 Å². The average molecular weight is 471 g/mol. The van der Waals surface area contributed by atoms with E-state index < -0.39 is 10.0 Å². The normalized spacial score (nSPS) is 12.0. The smallest absolute Gasteiger partial charge is 0.253 e. The molecule has 2 aromatic carbocycles. The number of rotatable bonds is 9. The largest absolute Gasteiger partial charge is 0.324 e. The Morgan fingerprint density at radius 1 is 0.906 bits per heavy atom. The molecule has 0 atom stereocenters. The first-order valence-corrected chi connectivity index (χ1v) is 13.0. The molecule has 7 heteroatoms. The summed E-state index contributed by atoms with van der Waals surface area (Å²) >= 11 is 1.15. The van der Waals surface area contributed by atoms with E-state index in [4.69, 9.17) is 0 Å². The monoisotopic (exact) mass is 470 g/mol. The molecule has 0 saturated heterocycles. The summed E-state index contributed by atoms with van der Waals surface area (Å²) in [6.07, 6.45) is 0. The van der Waals surface area contributed by atoms with Crippen molar-refractivity contribution < 1.29 is 13.2 Å². The molecule has 1 amide bonds. The van der Waals surface area contributed by atoms with Crippen molar-refractivity contribution in [2.24, 2.45) is 0 Å². The second-order valence-electron chi connectivity index (χ2n) is 8.36. The van der Waals surface area contributed by atoms with E-state index in [1.807, 2.05) is 48.5 Å². The number of carbonyl (C=O) groups excluding carboxylic acids is 1. The third-order valence-corrected chi connectivity index (χ3v) is 8.41. The van der Waals surface area contributed by atoms with Crippen molar-refractivity contribution in [3.63, 3.8) is 0 Å². The zero-order chi connectivity index (χ0) is 23.3. The molecular formula is C25H30N2O3S2. The molecule has 0 fully saturated rings. The maximum absolute atomic E-state index is 13.3. The molecule has 1 heterocycles. The van der Waals surface area contributed by atoms with Crippen LogP contribution in [-0.4, -0.2) is 25.2 Å². The van der Waals surface area contributed by atoms with Crippen molar-refractivity contribution in [1.29, 1.82) is 0 Å². The second-order valence-corrected chi connectivity index (χ2v) is 11.5. The number of hydrogen-bond donors (Lipinski definition) is 1. The third-order valence-electron chi connectivity index (χ3n) is 5.25. The highest BCUT2D eigenvalue weighted by atomic mass is 32.2. The first kappa shape index (κ1) is 24.2. The minimum Gasteiger partial charge on any atom is -0.324 e. The van der Waals surface area contributed by atoms with E-state index in [9.17, 15) is 13.2 Å². The number of carbonyl (C=O) groups is 1. The van der Waals surface area contributed by atoms with E-state index in [0.29, 0.717) is 0 Å². The number of nitrogens with one attached hydrogen (secondary N) is 1. The summed E-state index contributed by atoms with van der Waals surface area (Å²) in [7, 11) is -3.81. The van der Waals surface area contributed by atoms with E-state index in [2.05, 4.69) is 33.0 Å². The molecule has 1 aromatic heterocycles. The molecule has 0 aliphatic rings. The Kier molecular flexibility index (Phi) is 7.87. The van der Waals surface area contributed by atoms with Crippen molar-refractivity contribution in [2.75, 3.05) is 11.9 Å². The maximum Gasteiger partial charge on any atom is 0.253 e. The first-order valence-electron chi connectivity index (χ1n) is 10.7. The Morgan fingerprint density at radius 2 is 1.53 bits per heavy atom. The Morgan fingerprint density at radius 3 is 2.06 bits per heavy atom. The Balaban J connectivity index is 1.91. The molecule has 0 radical (unpaired) electrons. The lowest BCUT2D eigenvalue weighted by atomic mass is 9.92. The van der Waals surface area contributed by atoms with Gasteiger partial charge in [0.2, 0.25) is 5.91 Å². The summed E-state index contributed by atoms with van der Waals surface area (Å²) in [6, 6.07) is 18.6. The van der Waals surface area contributed by atoms with Crippen LogP contribution in [0.15, 0.2) is 70.3 Å². The molecule has 170 valence electrons. The molecule has 0 spiro atoms. The predicted octanol–water partition coefficient (Wildman–Crippen LogP) is 5.82. The summed E-state index contributed by atoms with van der Waals surface area (Å²) < 4.78 is 28.1. The number of hydrogen-bond acceptors (Lipinski definition) is 4. The van der Waals surface area contributed by atoms with Gasteiger partial charge in [-0.25, -0.2) is 8.42 Å². The van der Waals surface area contributed by atoms with E-state index >= 15 is 0 Å². The summed E-state index contributed by atoms with van der Waals surface area (Å²) in [5.74, 6) is 0.0922. The van der Waals surface area contributed by atoms with Gasteiger partial charge in [-0.05, 0) is 40.0 Å². The van der Waals surface area contributed by atoms with Gasteiger partial charge in [0.25, 0.3) is 10.0 Å². The lowest BCUT2D eigenvalue weighted by Gasteiger charge is -2.23. The van der Waals surface area contributed by atoms with Gasteiger partial charge in [-0.3, -0.25) is 4.79 Å². The Labute approximate surface area is 195 Å². The summed E-state index contributed by atoms with van der Waals surface area (Å²) in [5, 5.41) is 4.76. The number of nitrogens with zero attached hydrogens (tertiary/aromatic N) is 1. The van der Waals surface area contributed by atoms with Crippen molar-refractivity contribution in [2.45, 2.75) is 50.3 Å². The van der Waals surface area contributed by atoms with Crippen LogP contribution >= 0.6 is 11.3 Å². The molecule has 3 rings (SSSR count). The van der Waals surface area contributed by atoms with Crippen molar-refractivity contribution >= 4 is 33.0 Å². The topological polar surface area (TPSA) is 66.5 Å². The lowest BCUT2D eigenvalue weighted by molar-refractivity contribution is -0.116. The van der Waals surface area contributed by atoms with Crippen LogP contribution in [0, 0.1) is 0 Å². The number of thiophene rings is 1. The van der Waals surface area contributed by atoms with Crippen molar-refractivity contribution in [1.82, 2.24) is 4.31 Å². The van der Waals surface area contributed by atoms with Crippen LogP contribution in [0.2, 0.25) is 0 Å². The Hall–Kier alpha value is -2.48. The van der Waals surface area contributed by atoms with E-state index in [0.717, 1.165) is 33.7 Å². The second kappa shape index (κ2) is 10.4. The quantitative estimate of drug-likeness (QED) is 0.428. The minimum absolute atomic E-state index is 0.122. The highest BCUT2D eigenvalue weighted by Crippen LogP contribution is 2.32. The van der Waals surface area contributed by atoms with Gasteiger partial charge in [0.05, 0.1) is 6.54 Å². The van der Waals surface area contributed by atoms with Gasteiger partial charge in [0, 0.05) is 12.2 Å². The van der Waals surface area contributed by atoms with Gasteiger partial charge in [-0.1, -0.05) is 82.3 Å². The lowest BCUT2D eigenvalue weighted by Crippen LogP contribution is -2.37. The van der Waals surface area contributed by atoms with Crippen LogP contribution in [0.25, 0.3) is 0 Å². The van der Waals surface area contributed by atoms with Gasteiger partial charge < -0.3 is 5.32 Å². The average Bonchev–Trinajstić information content (AvgIpc) is 3.29. The Bertz CT molecular complexity index is 1110. The first-order chi connectivity index (χ1) is 15.2. The molecule has 5 nitrogen and oxygen atoms in total. The van der Waals surface area contributed by atoms with E-state index in [1.54, 1.807) is 17.5 Å². The van der Waals surface area contributed by atoms with Crippen LogP contribution < -0.4 is 5.32 Å². The molecule has 1 N–H and O–H groups in total. The van der Waals surface area contributed by atoms with E-state index in [-0.39, 0.29) is 35.0 Å². The highest BCUT2D eigenvalue weighted by molar-refractivity contribution is 7.91. The number of benzene rings is 2.